The van der Waals surface area contributed by atoms with Gasteiger partial charge in [0.25, 0.3) is 0 Å². The van der Waals surface area contributed by atoms with Gasteiger partial charge in [-0.3, -0.25) is 4.79 Å². The van der Waals surface area contributed by atoms with E-state index in [2.05, 4.69) is 30.4 Å². The number of benzene rings is 1. The van der Waals surface area contributed by atoms with Crippen molar-refractivity contribution in [1.82, 2.24) is 5.32 Å². The molecule has 0 fully saturated rings. The zero-order valence-corrected chi connectivity index (χ0v) is 10.8. The number of carbonyl (C=O) groups is 1. The quantitative estimate of drug-likeness (QED) is 0.848. The van der Waals surface area contributed by atoms with Crippen LogP contribution in [0.4, 0.5) is 0 Å². The summed E-state index contributed by atoms with van der Waals surface area (Å²) in [6, 6.07) is 6.77. The maximum Gasteiger partial charge on any atom is 0.224 e. The molecule has 1 aliphatic rings. The van der Waals surface area contributed by atoms with Gasteiger partial charge in [0.05, 0.1) is 6.42 Å². The summed E-state index contributed by atoms with van der Waals surface area (Å²) in [5.41, 5.74) is 4.06. The highest BCUT2D eigenvalue weighted by molar-refractivity contribution is 5.78. The lowest BCUT2D eigenvalue weighted by molar-refractivity contribution is -0.121. The van der Waals surface area contributed by atoms with Crippen LogP contribution in [0.5, 0.6) is 0 Å². The largest absolute Gasteiger partial charge is 0.353 e. The van der Waals surface area contributed by atoms with Crippen LogP contribution in [0.3, 0.4) is 0 Å². The predicted octanol–water partition coefficient (Wildman–Crippen LogP) is 2.63. The summed E-state index contributed by atoms with van der Waals surface area (Å²) in [6.45, 7) is 4.13. The molecule has 2 nitrogen and oxygen atoms in total. The molecule has 1 aromatic rings. The molecule has 0 unspecified atom stereocenters. The molecule has 0 aliphatic heterocycles. The number of aryl methyl sites for hydroxylation is 2. The van der Waals surface area contributed by atoms with Gasteiger partial charge in [-0.2, -0.15) is 0 Å². The number of carbonyl (C=O) groups excluding carboxylic acids is 1. The average Bonchev–Trinajstić information content (AvgIpc) is 2.75. The molecular formula is C15H21NO. The third-order valence-corrected chi connectivity index (χ3v) is 3.55. The molecule has 0 radical (unpaired) electrons. The second-order valence-corrected chi connectivity index (χ2v) is 5.01. The maximum atomic E-state index is 11.8. The van der Waals surface area contributed by atoms with Crippen LogP contribution in [0.15, 0.2) is 18.2 Å². The van der Waals surface area contributed by atoms with Gasteiger partial charge in [-0.05, 0) is 49.3 Å². The van der Waals surface area contributed by atoms with Crippen molar-refractivity contribution in [2.45, 2.75) is 52.0 Å². The SMILES string of the molecule is CC[C@H](C)NC(=O)Cc1ccc2c(c1)CCC2. The molecule has 1 atom stereocenters. The number of fused-ring (bicyclic) bond motifs is 1. The van der Waals surface area contributed by atoms with Crippen LogP contribution in [-0.2, 0) is 24.1 Å². The van der Waals surface area contributed by atoms with E-state index in [4.69, 9.17) is 0 Å². The summed E-state index contributed by atoms with van der Waals surface area (Å²) in [6.07, 6.45) is 5.14. The number of hydrogen-bond acceptors (Lipinski definition) is 1. The van der Waals surface area contributed by atoms with Gasteiger partial charge in [-0.25, -0.2) is 0 Å². The number of amides is 1. The van der Waals surface area contributed by atoms with Gasteiger partial charge in [-0.1, -0.05) is 25.1 Å². The smallest absolute Gasteiger partial charge is 0.224 e. The predicted molar refractivity (Wildman–Crippen MR) is 70.1 cm³/mol. The Hall–Kier alpha value is -1.31. The molecule has 2 rings (SSSR count). The van der Waals surface area contributed by atoms with Crippen molar-refractivity contribution in [3.05, 3.63) is 34.9 Å². The van der Waals surface area contributed by atoms with Crippen molar-refractivity contribution in [3.63, 3.8) is 0 Å². The molecule has 0 bridgehead atoms. The van der Waals surface area contributed by atoms with E-state index in [0.717, 1.165) is 12.0 Å². The Morgan fingerprint density at radius 3 is 2.88 bits per heavy atom. The van der Waals surface area contributed by atoms with E-state index in [1.165, 1.54) is 30.4 Å². The van der Waals surface area contributed by atoms with Crippen molar-refractivity contribution >= 4 is 5.91 Å². The van der Waals surface area contributed by atoms with Crippen molar-refractivity contribution < 1.29 is 4.79 Å². The topological polar surface area (TPSA) is 29.1 Å². The van der Waals surface area contributed by atoms with Gasteiger partial charge < -0.3 is 5.32 Å². The zero-order chi connectivity index (χ0) is 12.3. The van der Waals surface area contributed by atoms with E-state index in [1.54, 1.807) is 0 Å². The molecule has 0 aromatic heterocycles. The fourth-order valence-electron chi connectivity index (χ4n) is 2.35. The molecule has 92 valence electrons. The Bertz CT molecular complexity index is 411. The molecule has 0 spiro atoms. The molecule has 0 saturated heterocycles. The number of nitrogens with one attached hydrogen (secondary N) is 1. The van der Waals surface area contributed by atoms with E-state index in [9.17, 15) is 4.79 Å². The first kappa shape index (κ1) is 12.2. The van der Waals surface area contributed by atoms with Crippen LogP contribution < -0.4 is 5.32 Å². The van der Waals surface area contributed by atoms with Crippen LogP contribution in [0.2, 0.25) is 0 Å². The summed E-state index contributed by atoms with van der Waals surface area (Å²) in [5.74, 6) is 0.136. The molecule has 0 heterocycles. The van der Waals surface area contributed by atoms with Gasteiger partial charge >= 0.3 is 0 Å². The first-order valence-corrected chi connectivity index (χ1v) is 6.59. The third-order valence-electron chi connectivity index (χ3n) is 3.55. The van der Waals surface area contributed by atoms with Crippen LogP contribution in [0, 0.1) is 0 Å². The minimum absolute atomic E-state index is 0.136. The molecule has 17 heavy (non-hydrogen) atoms. The standard InChI is InChI=1S/C15H21NO/c1-3-11(2)16-15(17)10-12-7-8-13-5-4-6-14(13)9-12/h7-9,11H,3-6,10H2,1-2H3,(H,16,17)/t11-/m0/s1. The van der Waals surface area contributed by atoms with Crippen molar-refractivity contribution in [1.29, 1.82) is 0 Å². The first-order valence-electron chi connectivity index (χ1n) is 6.59. The Balaban J connectivity index is 1.97. The molecule has 2 heteroatoms. The van der Waals surface area contributed by atoms with Gasteiger partial charge in [0.15, 0.2) is 0 Å². The Morgan fingerprint density at radius 1 is 1.35 bits per heavy atom. The van der Waals surface area contributed by atoms with E-state index in [0.29, 0.717) is 6.42 Å². The lowest BCUT2D eigenvalue weighted by atomic mass is 10.0. The van der Waals surface area contributed by atoms with E-state index in [-0.39, 0.29) is 11.9 Å². The Morgan fingerprint density at radius 2 is 2.12 bits per heavy atom. The highest BCUT2D eigenvalue weighted by Crippen LogP contribution is 2.22. The summed E-state index contributed by atoms with van der Waals surface area (Å²) in [7, 11) is 0. The van der Waals surface area contributed by atoms with Crippen LogP contribution in [0.25, 0.3) is 0 Å². The fourth-order valence-corrected chi connectivity index (χ4v) is 2.35. The summed E-state index contributed by atoms with van der Waals surface area (Å²) < 4.78 is 0. The normalized spacial score (nSPS) is 15.4. The van der Waals surface area contributed by atoms with Gasteiger partial charge in [0.1, 0.15) is 0 Å². The van der Waals surface area contributed by atoms with E-state index >= 15 is 0 Å². The van der Waals surface area contributed by atoms with Crippen molar-refractivity contribution in [3.8, 4) is 0 Å². The summed E-state index contributed by atoms with van der Waals surface area (Å²) >= 11 is 0. The molecule has 1 aromatic carbocycles. The fraction of sp³-hybridized carbons (Fsp3) is 0.533. The minimum Gasteiger partial charge on any atom is -0.353 e. The molecule has 1 aliphatic carbocycles. The summed E-state index contributed by atoms with van der Waals surface area (Å²) in [4.78, 5) is 11.8. The maximum absolute atomic E-state index is 11.8. The lowest BCUT2D eigenvalue weighted by Crippen LogP contribution is -2.33. The van der Waals surface area contributed by atoms with E-state index < -0.39 is 0 Å². The highest BCUT2D eigenvalue weighted by Gasteiger charge is 2.12. The van der Waals surface area contributed by atoms with E-state index in [1.807, 2.05) is 6.92 Å². The average molecular weight is 231 g/mol. The Kier molecular flexibility index (Phi) is 3.82. The second-order valence-electron chi connectivity index (χ2n) is 5.01. The minimum atomic E-state index is 0.136. The summed E-state index contributed by atoms with van der Waals surface area (Å²) in [5, 5.41) is 3.01. The lowest BCUT2D eigenvalue weighted by Gasteiger charge is -2.11. The Labute approximate surface area is 103 Å². The van der Waals surface area contributed by atoms with Crippen LogP contribution in [-0.4, -0.2) is 11.9 Å². The molecule has 0 saturated carbocycles. The van der Waals surface area contributed by atoms with Gasteiger partial charge in [-0.15, -0.1) is 0 Å². The number of hydrogen-bond donors (Lipinski definition) is 1. The molecular weight excluding hydrogens is 210 g/mol. The molecule has 1 amide bonds. The van der Waals surface area contributed by atoms with Crippen LogP contribution >= 0.6 is 0 Å². The third kappa shape index (κ3) is 3.09. The second kappa shape index (κ2) is 5.35. The highest BCUT2D eigenvalue weighted by atomic mass is 16.1. The number of rotatable bonds is 4. The monoisotopic (exact) mass is 231 g/mol. The van der Waals surface area contributed by atoms with Gasteiger partial charge in [0, 0.05) is 6.04 Å². The zero-order valence-electron chi connectivity index (χ0n) is 10.8. The van der Waals surface area contributed by atoms with Crippen LogP contribution in [0.1, 0.15) is 43.4 Å². The van der Waals surface area contributed by atoms with Gasteiger partial charge in [0.2, 0.25) is 5.91 Å². The first-order chi connectivity index (χ1) is 8.19. The van der Waals surface area contributed by atoms with Crippen molar-refractivity contribution in [2.75, 3.05) is 0 Å². The molecule has 1 N–H and O–H groups in total. The van der Waals surface area contributed by atoms with Crippen molar-refractivity contribution in [2.24, 2.45) is 0 Å².